The molecule has 0 aliphatic carbocycles. The van der Waals surface area contributed by atoms with Crippen LogP contribution < -0.4 is 4.74 Å². The van der Waals surface area contributed by atoms with E-state index in [4.69, 9.17) is 27.9 Å². The van der Waals surface area contributed by atoms with E-state index in [1.165, 1.54) is 25.3 Å². The minimum atomic E-state index is -0.336. The zero-order chi connectivity index (χ0) is 20.4. The van der Waals surface area contributed by atoms with Crippen molar-refractivity contribution in [3.63, 3.8) is 0 Å². The van der Waals surface area contributed by atoms with Crippen LogP contribution in [0.1, 0.15) is 20.7 Å². The molecule has 1 heterocycles. The number of carbonyl (C=O) groups excluding carboxylic acids is 2. The summed E-state index contributed by atoms with van der Waals surface area (Å²) >= 11 is 12.3. The number of nitrogens with zero attached hydrogens (tertiary/aromatic N) is 2. The largest absolute Gasteiger partial charge is 0.508 e. The minimum Gasteiger partial charge on any atom is -0.508 e. The molecule has 1 aliphatic rings. The van der Waals surface area contributed by atoms with Gasteiger partial charge < -0.3 is 24.7 Å². The van der Waals surface area contributed by atoms with Gasteiger partial charge in [-0.2, -0.15) is 0 Å². The van der Waals surface area contributed by atoms with Crippen molar-refractivity contribution in [3.8, 4) is 17.2 Å². The zero-order valence-corrected chi connectivity index (χ0v) is 16.5. The fourth-order valence-corrected chi connectivity index (χ4v) is 3.57. The monoisotopic (exact) mass is 424 g/mol. The Kier molecular flexibility index (Phi) is 5.86. The Balaban J connectivity index is 1.73. The van der Waals surface area contributed by atoms with Crippen molar-refractivity contribution in [2.24, 2.45) is 0 Å². The van der Waals surface area contributed by atoms with E-state index in [2.05, 4.69) is 0 Å². The predicted octanol–water partition coefficient (Wildman–Crippen LogP) is 3.01. The van der Waals surface area contributed by atoms with Gasteiger partial charge in [-0.1, -0.05) is 23.2 Å². The first-order valence-electron chi connectivity index (χ1n) is 8.45. The van der Waals surface area contributed by atoms with E-state index in [1.807, 2.05) is 0 Å². The first kappa shape index (κ1) is 20.1. The van der Waals surface area contributed by atoms with Crippen molar-refractivity contribution in [2.75, 3.05) is 33.3 Å². The van der Waals surface area contributed by atoms with Gasteiger partial charge in [0.25, 0.3) is 11.8 Å². The average molecular weight is 425 g/mol. The lowest BCUT2D eigenvalue weighted by Crippen LogP contribution is -2.50. The highest BCUT2D eigenvalue weighted by Crippen LogP contribution is 2.35. The molecule has 2 N–H and O–H groups in total. The van der Waals surface area contributed by atoms with Crippen molar-refractivity contribution in [2.45, 2.75) is 0 Å². The lowest BCUT2D eigenvalue weighted by Gasteiger charge is -2.35. The van der Waals surface area contributed by atoms with Crippen LogP contribution in [0.4, 0.5) is 0 Å². The van der Waals surface area contributed by atoms with Gasteiger partial charge in [0.1, 0.15) is 17.1 Å². The third-order valence-corrected chi connectivity index (χ3v) is 5.09. The van der Waals surface area contributed by atoms with Gasteiger partial charge >= 0.3 is 0 Å². The molecule has 28 heavy (non-hydrogen) atoms. The Morgan fingerprint density at radius 3 is 1.93 bits per heavy atom. The van der Waals surface area contributed by atoms with Crippen molar-refractivity contribution >= 4 is 35.0 Å². The van der Waals surface area contributed by atoms with E-state index < -0.39 is 0 Å². The third-order valence-electron chi connectivity index (χ3n) is 4.48. The van der Waals surface area contributed by atoms with Gasteiger partial charge in [-0.25, -0.2) is 0 Å². The van der Waals surface area contributed by atoms with E-state index in [0.717, 1.165) is 6.07 Å². The van der Waals surface area contributed by atoms with Crippen LogP contribution >= 0.6 is 23.2 Å². The number of rotatable bonds is 3. The summed E-state index contributed by atoms with van der Waals surface area (Å²) < 4.78 is 5.23. The molecule has 0 radical (unpaired) electrons. The number of hydrogen-bond acceptors (Lipinski definition) is 5. The fraction of sp³-hybridized carbons (Fsp3) is 0.263. The van der Waals surface area contributed by atoms with Crippen molar-refractivity contribution in [1.29, 1.82) is 0 Å². The number of ether oxygens (including phenoxy) is 1. The second-order valence-corrected chi connectivity index (χ2v) is 7.07. The molecule has 7 nitrogen and oxygen atoms in total. The molecule has 2 aromatic carbocycles. The van der Waals surface area contributed by atoms with Gasteiger partial charge in [-0.3, -0.25) is 9.59 Å². The molecule has 9 heteroatoms. The predicted molar refractivity (Wildman–Crippen MR) is 105 cm³/mol. The summed E-state index contributed by atoms with van der Waals surface area (Å²) in [5.74, 6) is -0.837. The second kappa shape index (κ2) is 8.16. The van der Waals surface area contributed by atoms with Crippen LogP contribution in [0.15, 0.2) is 30.3 Å². The quantitative estimate of drug-likeness (QED) is 0.789. The molecule has 0 atom stereocenters. The lowest BCUT2D eigenvalue weighted by molar-refractivity contribution is 0.0533. The highest BCUT2D eigenvalue weighted by Gasteiger charge is 2.29. The summed E-state index contributed by atoms with van der Waals surface area (Å²) in [6.07, 6.45) is 0. The number of phenolic OH excluding ortho intramolecular Hbond substituents is 2. The topological polar surface area (TPSA) is 90.3 Å². The molecular formula is C19H18Cl2N2O5. The Hall–Kier alpha value is -2.64. The molecule has 0 spiro atoms. The van der Waals surface area contributed by atoms with Gasteiger partial charge in [0.2, 0.25) is 0 Å². The summed E-state index contributed by atoms with van der Waals surface area (Å²) in [5.41, 5.74) is 0.367. The summed E-state index contributed by atoms with van der Waals surface area (Å²) in [7, 11) is 1.41. The SMILES string of the molecule is COc1c(Cl)ccc(Cl)c1C(=O)N1CCN(C(=O)c2cc(O)cc(O)c2)CC1. The molecule has 0 unspecified atom stereocenters. The van der Waals surface area contributed by atoms with Crippen molar-refractivity contribution < 1.29 is 24.5 Å². The number of amides is 2. The molecule has 0 saturated carbocycles. The summed E-state index contributed by atoms with van der Waals surface area (Å²) in [5, 5.41) is 19.6. The number of methoxy groups -OCH3 is 1. The number of aromatic hydroxyl groups is 2. The van der Waals surface area contributed by atoms with E-state index in [0.29, 0.717) is 26.2 Å². The molecule has 1 saturated heterocycles. The molecular weight excluding hydrogens is 407 g/mol. The summed E-state index contributed by atoms with van der Waals surface area (Å²) in [6.45, 7) is 1.17. The lowest BCUT2D eigenvalue weighted by atomic mass is 10.1. The van der Waals surface area contributed by atoms with E-state index in [9.17, 15) is 19.8 Å². The van der Waals surface area contributed by atoms with Gasteiger partial charge in [0.15, 0.2) is 5.75 Å². The zero-order valence-electron chi connectivity index (χ0n) is 15.0. The Bertz CT molecular complexity index is 907. The molecule has 2 aromatic rings. The molecule has 0 bridgehead atoms. The molecule has 148 valence electrons. The van der Waals surface area contributed by atoms with Crippen LogP contribution in [0.5, 0.6) is 17.2 Å². The van der Waals surface area contributed by atoms with Crippen LogP contribution in [0, 0.1) is 0 Å². The van der Waals surface area contributed by atoms with E-state index in [-0.39, 0.29) is 50.2 Å². The van der Waals surface area contributed by atoms with Crippen LogP contribution in [0.3, 0.4) is 0 Å². The van der Waals surface area contributed by atoms with Crippen molar-refractivity contribution in [3.05, 3.63) is 51.5 Å². The van der Waals surface area contributed by atoms with Gasteiger partial charge in [0.05, 0.1) is 17.2 Å². The van der Waals surface area contributed by atoms with Crippen LogP contribution in [-0.4, -0.2) is 65.1 Å². The first-order valence-corrected chi connectivity index (χ1v) is 9.21. The molecule has 2 amide bonds. The molecule has 0 aromatic heterocycles. The standard InChI is InChI=1S/C19H18Cl2N2O5/c1-28-17-15(21)3-2-14(20)16(17)19(27)23-6-4-22(5-7-23)18(26)11-8-12(24)10-13(25)9-11/h2-3,8-10,24-25H,4-7H2,1H3. The number of halogens is 2. The summed E-state index contributed by atoms with van der Waals surface area (Å²) in [4.78, 5) is 28.6. The fourth-order valence-electron chi connectivity index (χ4n) is 3.10. The highest BCUT2D eigenvalue weighted by molar-refractivity contribution is 6.37. The van der Waals surface area contributed by atoms with Crippen LogP contribution in [0.25, 0.3) is 0 Å². The maximum atomic E-state index is 12.9. The van der Waals surface area contributed by atoms with Crippen LogP contribution in [-0.2, 0) is 0 Å². The minimum absolute atomic E-state index is 0.178. The Labute approximate surface area is 171 Å². The number of benzene rings is 2. The second-order valence-electron chi connectivity index (χ2n) is 6.26. The molecule has 1 fully saturated rings. The smallest absolute Gasteiger partial charge is 0.259 e. The first-order chi connectivity index (χ1) is 13.3. The number of piperazine rings is 1. The van der Waals surface area contributed by atoms with Gasteiger partial charge in [0, 0.05) is 37.8 Å². The Morgan fingerprint density at radius 1 is 0.893 bits per heavy atom. The van der Waals surface area contributed by atoms with Crippen molar-refractivity contribution in [1.82, 2.24) is 9.80 Å². The van der Waals surface area contributed by atoms with E-state index >= 15 is 0 Å². The summed E-state index contributed by atoms with van der Waals surface area (Å²) in [6, 6.07) is 6.82. The maximum absolute atomic E-state index is 12.9. The van der Waals surface area contributed by atoms with E-state index in [1.54, 1.807) is 15.9 Å². The number of carbonyl (C=O) groups is 2. The maximum Gasteiger partial charge on any atom is 0.259 e. The van der Waals surface area contributed by atoms with Gasteiger partial charge in [-0.05, 0) is 24.3 Å². The van der Waals surface area contributed by atoms with Gasteiger partial charge in [-0.15, -0.1) is 0 Å². The normalized spacial score (nSPS) is 14.1. The third kappa shape index (κ3) is 3.95. The molecule has 1 aliphatic heterocycles. The Morgan fingerprint density at radius 2 is 1.39 bits per heavy atom. The number of phenols is 2. The molecule has 3 rings (SSSR count). The average Bonchev–Trinajstić information content (AvgIpc) is 2.67. The number of hydrogen-bond donors (Lipinski definition) is 2. The highest BCUT2D eigenvalue weighted by atomic mass is 35.5. The van der Waals surface area contributed by atoms with Crippen LogP contribution in [0.2, 0.25) is 10.0 Å².